The predicted molar refractivity (Wildman–Crippen MR) is 27.9 cm³/mol. The van der Waals surface area contributed by atoms with Crippen molar-refractivity contribution < 1.29 is 9.84 Å². The molecule has 0 aromatic rings. The highest BCUT2D eigenvalue weighted by Gasteiger charge is 1.90. The molecule has 0 aromatic heterocycles. The minimum atomic E-state index is -0.569. The van der Waals surface area contributed by atoms with Crippen LogP contribution in [-0.2, 0) is 4.74 Å². The van der Waals surface area contributed by atoms with Crippen molar-refractivity contribution in [2.45, 2.75) is 13.0 Å². The Bertz CT molecular complexity index is 35.1. The van der Waals surface area contributed by atoms with E-state index < -0.39 is 6.10 Å². The zero-order valence-corrected chi connectivity index (χ0v) is 4.55. The first kappa shape index (κ1) is 6.92. The van der Waals surface area contributed by atoms with E-state index in [2.05, 4.69) is 6.92 Å². The summed E-state index contributed by atoms with van der Waals surface area (Å²) < 4.78 is 4.78. The Morgan fingerprint density at radius 3 is 2.57 bits per heavy atom. The molecule has 0 amide bonds. The Balaban J connectivity index is 2.68. The van der Waals surface area contributed by atoms with E-state index >= 15 is 0 Å². The molecule has 2 nitrogen and oxygen atoms in total. The molecule has 0 aliphatic rings. The number of aliphatic hydroxyl groups excluding tert-OH is 1. The summed E-state index contributed by atoms with van der Waals surface area (Å²) in [5.41, 5.74) is 0. The lowest BCUT2D eigenvalue weighted by Crippen LogP contribution is -2.09. The fourth-order valence-electron chi connectivity index (χ4n) is 0.254. The summed E-state index contributed by atoms with van der Waals surface area (Å²) in [6.45, 7) is 6.17. The number of aliphatic hydroxyl groups is 1. The van der Waals surface area contributed by atoms with Crippen LogP contribution in [0.25, 0.3) is 0 Å². The summed E-state index contributed by atoms with van der Waals surface area (Å²) >= 11 is 0. The molecule has 0 aliphatic carbocycles. The Morgan fingerprint density at radius 1 is 1.86 bits per heavy atom. The van der Waals surface area contributed by atoms with Crippen molar-refractivity contribution in [3.05, 3.63) is 6.92 Å². The SMILES string of the molecule is [CH2][C@@H](O)COCC. The van der Waals surface area contributed by atoms with E-state index in [1.54, 1.807) is 0 Å². The van der Waals surface area contributed by atoms with E-state index in [9.17, 15) is 0 Å². The molecule has 2 heteroatoms. The molecule has 0 aliphatic heterocycles. The topological polar surface area (TPSA) is 29.5 Å². The number of ether oxygens (including phenoxy) is 1. The fraction of sp³-hybridized carbons (Fsp3) is 0.800. The molecule has 1 N–H and O–H groups in total. The van der Waals surface area contributed by atoms with Gasteiger partial charge in [-0.1, -0.05) is 0 Å². The monoisotopic (exact) mass is 103 g/mol. The van der Waals surface area contributed by atoms with Crippen LogP contribution < -0.4 is 0 Å². The van der Waals surface area contributed by atoms with Crippen LogP contribution in [0.5, 0.6) is 0 Å². The van der Waals surface area contributed by atoms with E-state index in [0.29, 0.717) is 13.2 Å². The summed E-state index contributed by atoms with van der Waals surface area (Å²) in [4.78, 5) is 0. The van der Waals surface area contributed by atoms with Gasteiger partial charge in [-0.2, -0.15) is 0 Å². The van der Waals surface area contributed by atoms with E-state index in [4.69, 9.17) is 9.84 Å². The third-order valence-corrected chi connectivity index (χ3v) is 0.514. The van der Waals surface area contributed by atoms with Gasteiger partial charge in [0, 0.05) is 6.61 Å². The quantitative estimate of drug-likeness (QED) is 0.553. The maximum Gasteiger partial charge on any atom is 0.0774 e. The third-order valence-electron chi connectivity index (χ3n) is 0.514. The van der Waals surface area contributed by atoms with Gasteiger partial charge in [0.2, 0.25) is 0 Å². The van der Waals surface area contributed by atoms with Crippen molar-refractivity contribution >= 4 is 0 Å². The average molecular weight is 103 g/mol. The fourth-order valence-corrected chi connectivity index (χ4v) is 0.254. The van der Waals surface area contributed by atoms with E-state index in [-0.39, 0.29) is 0 Å². The van der Waals surface area contributed by atoms with E-state index in [1.807, 2.05) is 6.92 Å². The lowest BCUT2D eigenvalue weighted by Gasteiger charge is -2.00. The Hall–Kier alpha value is -0.0800. The van der Waals surface area contributed by atoms with Gasteiger partial charge in [-0.3, -0.25) is 0 Å². The maximum absolute atomic E-state index is 8.45. The van der Waals surface area contributed by atoms with Crippen molar-refractivity contribution in [3.63, 3.8) is 0 Å². The molecule has 0 fully saturated rings. The number of rotatable bonds is 3. The van der Waals surface area contributed by atoms with Crippen LogP contribution in [0.2, 0.25) is 0 Å². The minimum absolute atomic E-state index is 0.344. The molecule has 0 heterocycles. The van der Waals surface area contributed by atoms with Crippen molar-refractivity contribution in [2.75, 3.05) is 13.2 Å². The first-order valence-corrected chi connectivity index (χ1v) is 2.36. The molecule has 1 atom stereocenters. The molecule has 0 unspecified atom stereocenters. The van der Waals surface area contributed by atoms with Gasteiger partial charge in [-0.25, -0.2) is 0 Å². The van der Waals surface area contributed by atoms with Gasteiger partial charge in [0.25, 0.3) is 0 Å². The number of hydrogen-bond acceptors (Lipinski definition) is 2. The summed E-state index contributed by atoms with van der Waals surface area (Å²) in [6.07, 6.45) is -0.569. The Labute approximate surface area is 44.1 Å². The Kier molecular flexibility index (Phi) is 4.04. The summed E-state index contributed by atoms with van der Waals surface area (Å²) in [7, 11) is 0. The third kappa shape index (κ3) is 5.92. The molecule has 43 valence electrons. The zero-order chi connectivity index (χ0) is 5.70. The summed E-state index contributed by atoms with van der Waals surface area (Å²) in [5, 5.41) is 8.45. The Morgan fingerprint density at radius 2 is 2.43 bits per heavy atom. The predicted octanol–water partition coefficient (Wildman–Crippen LogP) is 0.218. The lowest BCUT2D eigenvalue weighted by molar-refractivity contribution is 0.0655. The van der Waals surface area contributed by atoms with Crippen LogP contribution in [0.4, 0.5) is 0 Å². The van der Waals surface area contributed by atoms with Crippen molar-refractivity contribution in [2.24, 2.45) is 0 Å². The van der Waals surface area contributed by atoms with Gasteiger partial charge in [0.1, 0.15) is 0 Å². The van der Waals surface area contributed by atoms with Crippen molar-refractivity contribution in [1.29, 1.82) is 0 Å². The molecule has 0 saturated heterocycles. The first-order chi connectivity index (χ1) is 3.27. The molecule has 0 bridgehead atoms. The summed E-state index contributed by atoms with van der Waals surface area (Å²) in [6, 6.07) is 0. The lowest BCUT2D eigenvalue weighted by atomic mass is 10.4. The second kappa shape index (κ2) is 4.09. The van der Waals surface area contributed by atoms with Gasteiger partial charge in [0.05, 0.1) is 12.7 Å². The van der Waals surface area contributed by atoms with Crippen LogP contribution in [-0.4, -0.2) is 24.4 Å². The first-order valence-electron chi connectivity index (χ1n) is 2.36. The van der Waals surface area contributed by atoms with Crippen LogP contribution in [0.1, 0.15) is 6.92 Å². The standard InChI is InChI=1S/C5H11O2/c1-3-7-4-5(2)6/h5-6H,2-4H2,1H3/t5-/m1/s1. The number of hydrogen-bond donors (Lipinski definition) is 1. The smallest absolute Gasteiger partial charge is 0.0774 e. The molecule has 0 saturated carbocycles. The van der Waals surface area contributed by atoms with Gasteiger partial charge in [-0.15, -0.1) is 0 Å². The van der Waals surface area contributed by atoms with E-state index in [1.165, 1.54) is 0 Å². The highest BCUT2D eigenvalue weighted by Crippen LogP contribution is 1.78. The molecule has 1 radical (unpaired) electrons. The summed E-state index contributed by atoms with van der Waals surface area (Å²) in [5.74, 6) is 0. The normalized spacial score (nSPS) is 14.1. The second-order valence-corrected chi connectivity index (χ2v) is 1.31. The van der Waals surface area contributed by atoms with Crippen LogP contribution in [0.3, 0.4) is 0 Å². The van der Waals surface area contributed by atoms with Crippen LogP contribution in [0.15, 0.2) is 0 Å². The molecular weight excluding hydrogens is 92.1 g/mol. The van der Waals surface area contributed by atoms with Crippen LogP contribution >= 0.6 is 0 Å². The highest BCUT2D eigenvalue weighted by molar-refractivity contribution is 4.52. The zero-order valence-electron chi connectivity index (χ0n) is 4.55. The van der Waals surface area contributed by atoms with Crippen molar-refractivity contribution in [3.8, 4) is 0 Å². The molecule has 0 rings (SSSR count). The van der Waals surface area contributed by atoms with Gasteiger partial charge < -0.3 is 9.84 Å². The minimum Gasteiger partial charge on any atom is -0.391 e. The molecule has 0 aromatic carbocycles. The molecular formula is C5H11O2. The highest BCUT2D eigenvalue weighted by atomic mass is 16.5. The van der Waals surface area contributed by atoms with Crippen molar-refractivity contribution in [1.82, 2.24) is 0 Å². The van der Waals surface area contributed by atoms with E-state index in [0.717, 1.165) is 0 Å². The molecule has 7 heavy (non-hydrogen) atoms. The van der Waals surface area contributed by atoms with Gasteiger partial charge in [0.15, 0.2) is 0 Å². The molecule has 0 spiro atoms. The van der Waals surface area contributed by atoms with Gasteiger partial charge >= 0.3 is 0 Å². The average Bonchev–Trinajstić information content (AvgIpc) is 1.61. The van der Waals surface area contributed by atoms with Gasteiger partial charge in [-0.05, 0) is 13.8 Å². The maximum atomic E-state index is 8.45. The van der Waals surface area contributed by atoms with Crippen LogP contribution in [0, 0.1) is 6.92 Å². The largest absolute Gasteiger partial charge is 0.391 e. The second-order valence-electron chi connectivity index (χ2n) is 1.31.